The number of hydrogen-bond donors (Lipinski definition) is 1. The molecule has 1 heterocycles. The molecule has 0 aliphatic rings. The molecule has 0 atom stereocenters. The predicted molar refractivity (Wildman–Crippen MR) is 113 cm³/mol. The molecule has 4 heteroatoms. The summed E-state index contributed by atoms with van der Waals surface area (Å²) in [5.41, 5.74) is 7.01. The van der Waals surface area contributed by atoms with Crippen molar-refractivity contribution in [3.63, 3.8) is 0 Å². The topological polar surface area (TPSA) is 46.9 Å². The van der Waals surface area contributed by atoms with E-state index in [4.69, 9.17) is 0 Å². The largest absolute Gasteiger partial charge is 0.348 e. The molecule has 0 aliphatic carbocycles. The number of fused-ring (bicyclic) bond motifs is 1. The molecule has 0 spiro atoms. The van der Waals surface area contributed by atoms with Crippen molar-refractivity contribution in [2.24, 2.45) is 0 Å². The second-order valence-electron chi connectivity index (χ2n) is 7.21. The highest BCUT2D eigenvalue weighted by Gasteiger charge is 2.13. The molecule has 0 bridgehead atoms. The van der Waals surface area contributed by atoms with Crippen molar-refractivity contribution in [3.05, 3.63) is 94.8 Å². The third-order valence-corrected chi connectivity index (χ3v) is 4.92. The van der Waals surface area contributed by atoms with Crippen LogP contribution in [0.3, 0.4) is 0 Å². The lowest BCUT2D eigenvalue weighted by atomic mass is 10.1. The first kappa shape index (κ1) is 18.0. The van der Waals surface area contributed by atoms with E-state index in [0.29, 0.717) is 12.1 Å². The number of benzene rings is 3. The van der Waals surface area contributed by atoms with Gasteiger partial charge in [-0.05, 0) is 62.2 Å². The first-order chi connectivity index (χ1) is 13.5. The van der Waals surface area contributed by atoms with Crippen molar-refractivity contribution in [3.8, 4) is 5.69 Å². The van der Waals surface area contributed by atoms with Crippen LogP contribution in [0.15, 0.2) is 66.7 Å². The molecular formula is C24H23N3O. The lowest BCUT2D eigenvalue weighted by Gasteiger charge is -2.09. The molecule has 1 N–H and O–H groups in total. The molecule has 0 unspecified atom stereocenters. The van der Waals surface area contributed by atoms with E-state index < -0.39 is 0 Å². The molecule has 0 fully saturated rings. The Hall–Kier alpha value is -3.40. The number of aryl methyl sites for hydroxylation is 3. The van der Waals surface area contributed by atoms with Crippen molar-refractivity contribution in [1.82, 2.24) is 14.9 Å². The lowest BCUT2D eigenvalue weighted by molar-refractivity contribution is 0.0951. The average Bonchev–Trinajstić information content (AvgIpc) is 3.02. The lowest BCUT2D eigenvalue weighted by Crippen LogP contribution is -2.22. The highest BCUT2D eigenvalue weighted by Crippen LogP contribution is 2.23. The molecule has 0 aliphatic heterocycles. The van der Waals surface area contributed by atoms with Gasteiger partial charge in [-0.3, -0.25) is 9.36 Å². The van der Waals surface area contributed by atoms with E-state index in [1.165, 1.54) is 11.1 Å². The molecule has 4 rings (SSSR count). The number of nitrogens with zero attached hydrogens (tertiary/aromatic N) is 2. The number of aromatic nitrogens is 2. The van der Waals surface area contributed by atoms with Crippen LogP contribution in [-0.4, -0.2) is 15.5 Å². The monoisotopic (exact) mass is 369 g/mol. The zero-order chi connectivity index (χ0) is 19.7. The Bertz CT molecular complexity index is 1160. The Kier molecular flexibility index (Phi) is 4.70. The summed E-state index contributed by atoms with van der Waals surface area (Å²) in [5.74, 6) is 0.808. The fourth-order valence-electron chi connectivity index (χ4n) is 3.43. The standard InChI is InChI=1S/C24H23N3O/c1-16-7-9-19(10-8-16)15-25-24(28)20-11-12-23-22(14-20)26-18(3)27(23)21-6-4-5-17(2)13-21/h4-14H,15H2,1-3H3,(H,25,28). The van der Waals surface area contributed by atoms with E-state index in [1.54, 1.807) is 0 Å². The minimum atomic E-state index is -0.0924. The minimum absolute atomic E-state index is 0.0924. The minimum Gasteiger partial charge on any atom is -0.348 e. The summed E-state index contributed by atoms with van der Waals surface area (Å²) in [4.78, 5) is 17.3. The SMILES string of the molecule is Cc1ccc(CNC(=O)c2ccc3c(c2)nc(C)n3-c2cccc(C)c2)cc1. The first-order valence-electron chi connectivity index (χ1n) is 9.41. The molecule has 0 radical (unpaired) electrons. The van der Waals surface area contributed by atoms with Gasteiger partial charge in [-0.1, -0.05) is 42.0 Å². The van der Waals surface area contributed by atoms with Crippen molar-refractivity contribution >= 4 is 16.9 Å². The Morgan fingerprint density at radius 1 is 0.929 bits per heavy atom. The van der Waals surface area contributed by atoms with Gasteiger partial charge in [-0.15, -0.1) is 0 Å². The van der Waals surface area contributed by atoms with Crippen LogP contribution < -0.4 is 5.32 Å². The number of carbonyl (C=O) groups excluding carboxylic acids is 1. The smallest absolute Gasteiger partial charge is 0.251 e. The molecule has 28 heavy (non-hydrogen) atoms. The molecule has 0 saturated carbocycles. The van der Waals surface area contributed by atoms with E-state index in [-0.39, 0.29) is 5.91 Å². The maximum atomic E-state index is 12.6. The highest BCUT2D eigenvalue weighted by molar-refractivity contribution is 5.97. The Morgan fingerprint density at radius 3 is 2.46 bits per heavy atom. The molecule has 0 saturated heterocycles. The first-order valence-corrected chi connectivity index (χ1v) is 9.41. The van der Waals surface area contributed by atoms with E-state index in [2.05, 4.69) is 46.9 Å². The van der Waals surface area contributed by atoms with Gasteiger partial charge in [-0.2, -0.15) is 0 Å². The van der Waals surface area contributed by atoms with E-state index in [0.717, 1.165) is 28.1 Å². The number of rotatable bonds is 4. The van der Waals surface area contributed by atoms with Crippen molar-refractivity contribution < 1.29 is 4.79 Å². The van der Waals surface area contributed by atoms with E-state index in [9.17, 15) is 4.79 Å². The molecule has 1 aromatic heterocycles. The number of hydrogen-bond acceptors (Lipinski definition) is 2. The maximum Gasteiger partial charge on any atom is 0.251 e. The second kappa shape index (κ2) is 7.31. The summed E-state index contributed by atoms with van der Waals surface area (Å²) < 4.78 is 2.12. The molecular weight excluding hydrogens is 346 g/mol. The molecule has 4 nitrogen and oxygen atoms in total. The van der Waals surface area contributed by atoms with Gasteiger partial charge in [0.15, 0.2) is 0 Å². The highest BCUT2D eigenvalue weighted by atomic mass is 16.1. The van der Waals surface area contributed by atoms with Gasteiger partial charge in [0, 0.05) is 17.8 Å². The van der Waals surface area contributed by atoms with Crippen LogP contribution in [0.1, 0.15) is 32.9 Å². The third kappa shape index (κ3) is 3.54. The van der Waals surface area contributed by atoms with Crippen LogP contribution in [0.5, 0.6) is 0 Å². The number of amides is 1. The summed E-state index contributed by atoms with van der Waals surface area (Å²) in [7, 11) is 0. The van der Waals surface area contributed by atoms with Gasteiger partial charge < -0.3 is 5.32 Å². The Morgan fingerprint density at radius 2 is 1.71 bits per heavy atom. The summed E-state index contributed by atoms with van der Waals surface area (Å²) in [5, 5.41) is 2.99. The van der Waals surface area contributed by atoms with Crippen molar-refractivity contribution in [1.29, 1.82) is 0 Å². The van der Waals surface area contributed by atoms with Gasteiger partial charge in [0.05, 0.1) is 11.0 Å². The summed E-state index contributed by atoms with van der Waals surface area (Å²) in [6.45, 7) is 6.62. The molecule has 3 aromatic carbocycles. The Labute approximate surface area is 164 Å². The molecule has 1 amide bonds. The quantitative estimate of drug-likeness (QED) is 0.557. The predicted octanol–water partition coefficient (Wildman–Crippen LogP) is 4.88. The van der Waals surface area contributed by atoms with Crippen LogP contribution in [0.2, 0.25) is 0 Å². The summed E-state index contributed by atoms with van der Waals surface area (Å²) in [6, 6.07) is 22.2. The van der Waals surface area contributed by atoms with Crippen molar-refractivity contribution in [2.45, 2.75) is 27.3 Å². The number of carbonyl (C=O) groups is 1. The fourth-order valence-corrected chi connectivity index (χ4v) is 3.43. The maximum absolute atomic E-state index is 12.6. The summed E-state index contributed by atoms with van der Waals surface area (Å²) in [6.07, 6.45) is 0. The van der Waals surface area contributed by atoms with Crippen LogP contribution in [0.4, 0.5) is 0 Å². The fraction of sp³-hybridized carbons (Fsp3) is 0.167. The van der Waals surface area contributed by atoms with Gasteiger partial charge in [0.1, 0.15) is 5.82 Å². The number of nitrogens with one attached hydrogen (secondary N) is 1. The molecule has 4 aromatic rings. The molecule has 140 valence electrons. The third-order valence-electron chi connectivity index (χ3n) is 4.92. The van der Waals surface area contributed by atoms with Gasteiger partial charge >= 0.3 is 0 Å². The van der Waals surface area contributed by atoms with Gasteiger partial charge in [-0.25, -0.2) is 4.98 Å². The van der Waals surface area contributed by atoms with Crippen molar-refractivity contribution in [2.75, 3.05) is 0 Å². The van der Waals surface area contributed by atoms with Crippen LogP contribution in [0.25, 0.3) is 16.7 Å². The average molecular weight is 369 g/mol. The van der Waals surface area contributed by atoms with Gasteiger partial charge in [0.2, 0.25) is 0 Å². The Balaban J connectivity index is 1.59. The van der Waals surface area contributed by atoms with Gasteiger partial charge in [0.25, 0.3) is 5.91 Å². The van der Waals surface area contributed by atoms with E-state index >= 15 is 0 Å². The van der Waals surface area contributed by atoms with Crippen LogP contribution in [-0.2, 0) is 6.54 Å². The zero-order valence-electron chi connectivity index (χ0n) is 16.4. The zero-order valence-corrected chi connectivity index (χ0v) is 16.4. The normalized spacial score (nSPS) is 11.0. The second-order valence-corrected chi connectivity index (χ2v) is 7.21. The van der Waals surface area contributed by atoms with Crippen LogP contribution in [0, 0.1) is 20.8 Å². The van der Waals surface area contributed by atoms with Crippen LogP contribution >= 0.6 is 0 Å². The number of imidazole rings is 1. The summed E-state index contributed by atoms with van der Waals surface area (Å²) >= 11 is 0. The van der Waals surface area contributed by atoms with E-state index in [1.807, 2.05) is 55.5 Å².